The summed E-state index contributed by atoms with van der Waals surface area (Å²) in [5.74, 6) is -1.43. The third-order valence-corrected chi connectivity index (χ3v) is 5.20. The van der Waals surface area contributed by atoms with Crippen molar-refractivity contribution in [3.05, 3.63) is 23.0 Å². The lowest BCUT2D eigenvalue weighted by atomic mass is 9.98. The van der Waals surface area contributed by atoms with Crippen LogP contribution in [0.4, 0.5) is 0 Å². The zero-order valence-corrected chi connectivity index (χ0v) is 13.8. The fourth-order valence-corrected chi connectivity index (χ4v) is 3.77. The van der Waals surface area contributed by atoms with Gasteiger partial charge in [-0.05, 0) is 19.8 Å². The maximum atomic E-state index is 12.7. The largest absolute Gasteiger partial charge is 0.481 e. The first kappa shape index (κ1) is 15.7. The smallest absolute Gasteiger partial charge is 0.308 e. The maximum absolute atomic E-state index is 12.7. The fraction of sp³-hybridized carbons (Fsp3) is 0.467. The number of carbonyl (C=O) groups excluding carboxylic acids is 1. The van der Waals surface area contributed by atoms with Gasteiger partial charge in [-0.1, -0.05) is 0 Å². The highest BCUT2D eigenvalue weighted by Crippen LogP contribution is 2.29. The van der Waals surface area contributed by atoms with Crippen LogP contribution in [0.2, 0.25) is 0 Å². The van der Waals surface area contributed by atoms with E-state index in [0.717, 1.165) is 17.0 Å². The van der Waals surface area contributed by atoms with Gasteiger partial charge in [-0.3, -0.25) is 14.3 Å². The molecule has 3 heterocycles. The van der Waals surface area contributed by atoms with Gasteiger partial charge in [0.1, 0.15) is 9.88 Å². The van der Waals surface area contributed by atoms with Crippen LogP contribution in [0, 0.1) is 12.8 Å². The molecule has 0 unspecified atom stereocenters. The molecule has 0 radical (unpaired) electrons. The number of thiazole rings is 1. The molecule has 0 spiro atoms. The monoisotopic (exact) mass is 334 g/mol. The average Bonchev–Trinajstić information content (AvgIpc) is 3.12. The lowest BCUT2D eigenvalue weighted by Gasteiger charge is -2.30. The number of hydrogen-bond acceptors (Lipinski definition) is 5. The van der Waals surface area contributed by atoms with E-state index in [1.807, 2.05) is 20.2 Å². The number of nitrogens with zero attached hydrogens (tertiary/aromatic N) is 4. The van der Waals surface area contributed by atoms with Crippen molar-refractivity contribution < 1.29 is 14.7 Å². The van der Waals surface area contributed by atoms with Gasteiger partial charge < -0.3 is 10.0 Å². The van der Waals surface area contributed by atoms with Gasteiger partial charge in [-0.15, -0.1) is 11.3 Å². The first-order valence-electron chi connectivity index (χ1n) is 7.44. The highest BCUT2D eigenvalue weighted by atomic mass is 32.1. The van der Waals surface area contributed by atoms with Crippen LogP contribution in [0.3, 0.4) is 0 Å². The van der Waals surface area contributed by atoms with Gasteiger partial charge in [-0.25, -0.2) is 4.98 Å². The Labute approximate surface area is 137 Å². The molecule has 2 aromatic heterocycles. The van der Waals surface area contributed by atoms with E-state index in [9.17, 15) is 9.59 Å². The number of likely N-dealkylation sites (tertiary alicyclic amines) is 1. The Kier molecular flexibility index (Phi) is 4.16. The van der Waals surface area contributed by atoms with Gasteiger partial charge in [0.05, 0.1) is 17.8 Å². The molecule has 122 valence electrons. The number of carbonyl (C=O) groups is 2. The van der Waals surface area contributed by atoms with E-state index in [4.69, 9.17) is 5.11 Å². The number of carboxylic acid groups (broad SMARTS) is 1. The number of aromatic nitrogens is 3. The van der Waals surface area contributed by atoms with Gasteiger partial charge in [0, 0.05) is 31.9 Å². The van der Waals surface area contributed by atoms with Crippen molar-refractivity contribution >= 4 is 23.2 Å². The van der Waals surface area contributed by atoms with Crippen LogP contribution in [0.25, 0.3) is 10.6 Å². The number of aliphatic carboxylic acids is 1. The van der Waals surface area contributed by atoms with E-state index in [2.05, 4.69) is 10.1 Å². The predicted octanol–water partition coefficient (Wildman–Crippen LogP) is 1.79. The minimum Gasteiger partial charge on any atom is -0.481 e. The molecule has 0 aromatic carbocycles. The summed E-state index contributed by atoms with van der Waals surface area (Å²) in [6, 6.07) is 0. The molecule has 1 fully saturated rings. The van der Waals surface area contributed by atoms with Crippen molar-refractivity contribution in [1.29, 1.82) is 0 Å². The van der Waals surface area contributed by atoms with Crippen LogP contribution < -0.4 is 0 Å². The molecule has 1 atom stereocenters. The molecule has 0 bridgehead atoms. The summed E-state index contributed by atoms with van der Waals surface area (Å²) in [7, 11) is 1.83. The van der Waals surface area contributed by atoms with Crippen molar-refractivity contribution in [1.82, 2.24) is 19.7 Å². The van der Waals surface area contributed by atoms with Crippen molar-refractivity contribution in [2.24, 2.45) is 13.0 Å². The van der Waals surface area contributed by atoms with E-state index < -0.39 is 11.9 Å². The van der Waals surface area contributed by atoms with E-state index in [1.54, 1.807) is 15.8 Å². The SMILES string of the molecule is Cc1nc(-c2cnn(C)c2)sc1C(=O)N1CCC[C@H](C(=O)O)C1. The number of hydrogen-bond donors (Lipinski definition) is 1. The zero-order valence-electron chi connectivity index (χ0n) is 13.0. The predicted molar refractivity (Wildman–Crippen MR) is 85.3 cm³/mol. The van der Waals surface area contributed by atoms with Crippen molar-refractivity contribution in [2.75, 3.05) is 13.1 Å². The van der Waals surface area contributed by atoms with E-state index in [-0.39, 0.29) is 12.5 Å². The number of amides is 1. The van der Waals surface area contributed by atoms with E-state index in [1.165, 1.54) is 11.3 Å². The minimum atomic E-state index is -0.834. The Morgan fingerprint density at radius 1 is 1.43 bits per heavy atom. The van der Waals surface area contributed by atoms with Crippen LogP contribution in [-0.4, -0.2) is 49.7 Å². The van der Waals surface area contributed by atoms with Crippen LogP contribution in [0.15, 0.2) is 12.4 Å². The molecule has 1 N–H and O–H groups in total. The first-order valence-corrected chi connectivity index (χ1v) is 8.26. The summed E-state index contributed by atoms with van der Waals surface area (Å²) in [6.45, 7) is 2.68. The lowest BCUT2D eigenvalue weighted by Crippen LogP contribution is -2.42. The highest BCUT2D eigenvalue weighted by molar-refractivity contribution is 7.17. The topological polar surface area (TPSA) is 88.3 Å². The van der Waals surface area contributed by atoms with Gasteiger partial charge in [0.2, 0.25) is 0 Å². The van der Waals surface area contributed by atoms with Crippen molar-refractivity contribution in [3.63, 3.8) is 0 Å². The molecule has 3 rings (SSSR count). The van der Waals surface area contributed by atoms with E-state index in [0.29, 0.717) is 23.5 Å². The second-order valence-corrected chi connectivity index (χ2v) is 6.76. The molecule has 23 heavy (non-hydrogen) atoms. The number of aryl methyl sites for hydroxylation is 2. The summed E-state index contributed by atoms with van der Waals surface area (Å²) in [5.41, 5.74) is 1.55. The van der Waals surface area contributed by atoms with Crippen LogP contribution in [0.1, 0.15) is 28.2 Å². The summed E-state index contributed by atoms with van der Waals surface area (Å²) in [5, 5.41) is 14.0. The third kappa shape index (κ3) is 3.12. The van der Waals surface area contributed by atoms with Crippen molar-refractivity contribution in [2.45, 2.75) is 19.8 Å². The van der Waals surface area contributed by atoms with Gasteiger partial charge >= 0.3 is 5.97 Å². The summed E-state index contributed by atoms with van der Waals surface area (Å²) in [6.07, 6.45) is 4.92. The minimum absolute atomic E-state index is 0.124. The zero-order chi connectivity index (χ0) is 16.6. The summed E-state index contributed by atoms with van der Waals surface area (Å²) in [4.78, 5) is 30.6. The van der Waals surface area contributed by atoms with Crippen LogP contribution in [-0.2, 0) is 11.8 Å². The normalized spacial score (nSPS) is 18.2. The Hall–Kier alpha value is -2.22. The first-order chi connectivity index (χ1) is 11.0. The molecular weight excluding hydrogens is 316 g/mol. The molecular formula is C15H18N4O3S. The Balaban J connectivity index is 1.82. The molecule has 1 aliphatic rings. The third-order valence-electron chi connectivity index (χ3n) is 4.00. The number of rotatable bonds is 3. The van der Waals surface area contributed by atoms with Crippen molar-refractivity contribution in [3.8, 4) is 10.6 Å². The molecule has 8 heteroatoms. The highest BCUT2D eigenvalue weighted by Gasteiger charge is 2.30. The van der Waals surface area contributed by atoms with Gasteiger partial charge in [0.25, 0.3) is 5.91 Å². The molecule has 0 saturated carbocycles. The Morgan fingerprint density at radius 3 is 2.87 bits per heavy atom. The summed E-state index contributed by atoms with van der Waals surface area (Å²) < 4.78 is 1.69. The van der Waals surface area contributed by atoms with Gasteiger partial charge in [-0.2, -0.15) is 5.10 Å². The van der Waals surface area contributed by atoms with E-state index >= 15 is 0 Å². The molecule has 1 amide bonds. The number of carboxylic acids is 1. The Bertz CT molecular complexity index is 752. The molecule has 7 nitrogen and oxygen atoms in total. The standard InChI is InChI=1S/C15H18N4O3S/c1-9-12(23-13(17-9)11-6-16-18(2)7-11)14(20)19-5-3-4-10(8-19)15(21)22/h6-7,10H,3-5,8H2,1-2H3,(H,21,22)/t10-/m0/s1. The fourth-order valence-electron chi connectivity index (χ4n) is 2.76. The molecule has 0 aliphatic carbocycles. The molecule has 2 aromatic rings. The number of piperidine rings is 1. The lowest BCUT2D eigenvalue weighted by molar-refractivity contribution is -0.143. The van der Waals surface area contributed by atoms with Gasteiger partial charge in [0.15, 0.2) is 0 Å². The quantitative estimate of drug-likeness (QED) is 0.924. The molecule has 1 aliphatic heterocycles. The second-order valence-electron chi connectivity index (χ2n) is 5.76. The maximum Gasteiger partial charge on any atom is 0.308 e. The second kappa shape index (κ2) is 6.11. The average molecular weight is 334 g/mol. The van der Waals surface area contributed by atoms with Crippen LogP contribution in [0.5, 0.6) is 0 Å². The van der Waals surface area contributed by atoms with Crippen LogP contribution >= 0.6 is 11.3 Å². The molecule has 1 saturated heterocycles. The Morgan fingerprint density at radius 2 is 2.22 bits per heavy atom. The summed E-state index contributed by atoms with van der Waals surface area (Å²) >= 11 is 1.33.